The van der Waals surface area contributed by atoms with Crippen LogP contribution in [0.3, 0.4) is 0 Å². The Morgan fingerprint density at radius 1 is 0.975 bits per heavy atom. The summed E-state index contributed by atoms with van der Waals surface area (Å²) >= 11 is 0. The molecule has 2 aliphatic heterocycles. The Kier molecular flexibility index (Phi) is 9.46. The fourth-order valence-corrected chi connectivity index (χ4v) is 5.33. The first-order valence-corrected chi connectivity index (χ1v) is 12.7. The highest BCUT2D eigenvalue weighted by Crippen LogP contribution is 2.49. The van der Waals surface area contributed by atoms with Gasteiger partial charge in [-0.25, -0.2) is 9.59 Å². The molecule has 4 rings (SSSR count). The summed E-state index contributed by atoms with van der Waals surface area (Å²) in [5.41, 5.74) is 0.701. The van der Waals surface area contributed by atoms with E-state index in [0.717, 1.165) is 6.26 Å². The number of ether oxygens (including phenoxy) is 6. The largest absolute Gasteiger partial charge is 0.497 e. The molecule has 13 heteroatoms. The van der Waals surface area contributed by atoms with Gasteiger partial charge in [-0.3, -0.25) is 0 Å². The second-order valence-corrected chi connectivity index (χ2v) is 9.86. The van der Waals surface area contributed by atoms with Crippen molar-refractivity contribution >= 4 is 18.0 Å². The highest BCUT2D eigenvalue weighted by molar-refractivity contribution is 5.90. The van der Waals surface area contributed by atoms with Gasteiger partial charge in [-0.15, -0.1) is 0 Å². The van der Waals surface area contributed by atoms with Crippen molar-refractivity contribution in [2.75, 3.05) is 20.8 Å². The van der Waals surface area contributed by atoms with Gasteiger partial charge in [0, 0.05) is 17.9 Å². The fraction of sp³-hybridized carbons (Fsp3) is 0.556. The molecular formula is C27H34O13. The van der Waals surface area contributed by atoms with Crippen molar-refractivity contribution in [2.24, 2.45) is 17.8 Å². The zero-order chi connectivity index (χ0) is 29.1. The van der Waals surface area contributed by atoms with Gasteiger partial charge >= 0.3 is 11.9 Å². The van der Waals surface area contributed by atoms with Gasteiger partial charge in [-0.2, -0.15) is 0 Å². The third kappa shape index (κ3) is 5.86. The summed E-state index contributed by atoms with van der Waals surface area (Å²) < 4.78 is 32.5. The molecule has 0 radical (unpaired) electrons. The van der Waals surface area contributed by atoms with Crippen LogP contribution < -0.4 is 4.74 Å². The van der Waals surface area contributed by atoms with Gasteiger partial charge < -0.3 is 54.0 Å². The van der Waals surface area contributed by atoms with Crippen LogP contribution in [0.5, 0.6) is 5.75 Å². The van der Waals surface area contributed by atoms with Crippen LogP contribution in [0.2, 0.25) is 0 Å². The molecule has 0 amide bonds. The molecule has 13 nitrogen and oxygen atoms in total. The lowest BCUT2D eigenvalue weighted by atomic mass is 9.82. The van der Waals surface area contributed by atoms with E-state index < -0.39 is 85.5 Å². The summed E-state index contributed by atoms with van der Waals surface area (Å²) in [5, 5.41) is 51.2. The molecule has 40 heavy (non-hydrogen) atoms. The molecule has 11 unspecified atom stereocenters. The van der Waals surface area contributed by atoms with Crippen LogP contribution in [0.4, 0.5) is 0 Å². The van der Waals surface area contributed by atoms with Gasteiger partial charge in [0.05, 0.1) is 38.8 Å². The van der Waals surface area contributed by atoms with E-state index in [1.807, 2.05) is 0 Å². The number of hydrogen-bond donors (Lipinski definition) is 5. The summed E-state index contributed by atoms with van der Waals surface area (Å²) in [6.45, 7) is 0.989. The molecule has 1 aromatic carbocycles. The number of fused-ring (bicyclic) bond motifs is 1. The summed E-state index contributed by atoms with van der Waals surface area (Å²) in [4.78, 5) is 25.4. The highest BCUT2D eigenvalue weighted by atomic mass is 16.8. The molecular weight excluding hydrogens is 532 g/mol. The van der Waals surface area contributed by atoms with E-state index >= 15 is 0 Å². The van der Waals surface area contributed by atoms with Crippen molar-refractivity contribution < 1.29 is 63.5 Å². The van der Waals surface area contributed by atoms with Crippen molar-refractivity contribution in [3.63, 3.8) is 0 Å². The summed E-state index contributed by atoms with van der Waals surface area (Å²) in [7, 11) is 2.71. The van der Waals surface area contributed by atoms with Crippen molar-refractivity contribution in [2.45, 2.75) is 56.1 Å². The molecule has 220 valence electrons. The number of methoxy groups -OCH3 is 2. The van der Waals surface area contributed by atoms with Gasteiger partial charge in [0.1, 0.15) is 36.3 Å². The van der Waals surface area contributed by atoms with Crippen LogP contribution in [0.25, 0.3) is 6.08 Å². The molecule has 5 N–H and O–H groups in total. The molecule has 1 saturated heterocycles. The van der Waals surface area contributed by atoms with Crippen LogP contribution in [0.1, 0.15) is 12.5 Å². The topological polar surface area (TPSA) is 191 Å². The number of esters is 2. The zero-order valence-corrected chi connectivity index (χ0v) is 22.1. The quantitative estimate of drug-likeness (QED) is 0.192. The van der Waals surface area contributed by atoms with Gasteiger partial charge in [0.25, 0.3) is 0 Å². The number of hydrogen-bond acceptors (Lipinski definition) is 13. The molecule has 2 heterocycles. The number of aliphatic hydroxyl groups excluding tert-OH is 5. The second kappa shape index (κ2) is 12.6. The second-order valence-electron chi connectivity index (χ2n) is 9.86. The number of aliphatic hydroxyl groups is 5. The first kappa shape index (κ1) is 29.9. The van der Waals surface area contributed by atoms with E-state index in [1.54, 1.807) is 31.2 Å². The molecule has 0 spiro atoms. The minimum absolute atomic E-state index is 0.00138. The van der Waals surface area contributed by atoms with Crippen molar-refractivity contribution in [1.82, 2.24) is 0 Å². The smallest absolute Gasteiger partial charge is 0.337 e. The molecule has 1 aromatic rings. The number of benzene rings is 1. The number of rotatable bonds is 8. The highest BCUT2D eigenvalue weighted by Gasteiger charge is 2.59. The van der Waals surface area contributed by atoms with E-state index in [-0.39, 0.29) is 5.57 Å². The third-order valence-electron chi connectivity index (χ3n) is 7.57. The number of carbonyl (C=O) groups is 2. The average Bonchev–Trinajstić information content (AvgIpc) is 3.21. The van der Waals surface area contributed by atoms with Crippen LogP contribution >= 0.6 is 0 Å². The predicted molar refractivity (Wildman–Crippen MR) is 134 cm³/mol. The molecule has 0 aromatic heterocycles. The van der Waals surface area contributed by atoms with E-state index in [2.05, 4.69) is 0 Å². The Balaban J connectivity index is 1.55. The van der Waals surface area contributed by atoms with E-state index in [0.29, 0.717) is 11.3 Å². The van der Waals surface area contributed by atoms with Crippen molar-refractivity contribution in [3.8, 4) is 5.75 Å². The van der Waals surface area contributed by atoms with Crippen LogP contribution in [0.15, 0.2) is 42.2 Å². The van der Waals surface area contributed by atoms with Crippen LogP contribution in [-0.4, -0.2) is 108 Å². The van der Waals surface area contributed by atoms with Crippen molar-refractivity contribution in [1.29, 1.82) is 0 Å². The van der Waals surface area contributed by atoms with E-state index in [4.69, 9.17) is 28.4 Å². The molecule has 1 aliphatic carbocycles. The lowest BCUT2D eigenvalue weighted by molar-refractivity contribution is -0.343. The van der Waals surface area contributed by atoms with Gasteiger partial charge in [-0.05, 0) is 29.7 Å². The van der Waals surface area contributed by atoms with Crippen LogP contribution in [0, 0.1) is 17.8 Å². The van der Waals surface area contributed by atoms with E-state index in [9.17, 15) is 35.1 Å². The maximum absolute atomic E-state index is 12.8. The van der Waals surface area contributed by atoms with Gasteiger partial charge in [-0.1, -0.05) is 19.1 Å². The lowest BCUT2D eigenvalue weighted by Gasteiger charge is -2.43. The maximum Gasteiger partial charge on any atom is 0.337 e. The van der Waals surface area contributed by atoms with Gasteiger partial charge in [0.15, 0.2) is 6.29 Å². The maximum atomic E-state index is 12.8. The standard InChI is InChI=1S/C27H34O13/c1-12-18-19(24(20(12)30)39-17(29)9-6-13-4-7-14(35-2)8-5-13)15(25(34)36-3)11-37-26(18)40-27-23(33)22(32)21(31)16(10-28)38-27/h4-9,11-12,16,18-24,26-28,30-33H,10H2,1-3H3. The minimum atomic E-state index is -1.70. The zero-order valence-electron chi connectivity index (χ0n) is 22.1. The first-order chi connectivity index (χ1) is 19.1. The molecule has 11 atom stereocenters. The Labute approximate surface area is 230 Å². The first-order valence-electron chi connectivity index (χ1n) is 12.7. The average molecular weight is 567 g/mol. The molecule has 0 bridgehead atoms. The molecule has 3 aliphatic rings. The Morgan fingerprint density at radius 3 is 2.30 bits per heavy atom. The monoisotopic (exact) mass is 566 g/mol. The lowest BCUT2D eigenvalue weighted by Crippen LogP contribution is -2.60. The van der Waals surface area contributed by atoms with Gasteiger partial charge in [0.2, 0.25) is 6.29 Å². The van der Waals surface area contributed by atoms with Crippen molar-refractivity contribution in [3.05, 3.63) is 47.7 Å². The summed E-state index contributed by atoms with van der Waals surface area (Å²) in [5.74, 6) is -3.27. The third-order valence-corrected chi connectivity index (χ3v) is 7.57. The molecule has 2 fully saturated rings. The Morgan fingerprint density at radius 2 is 1.68 bits per heavy atom. The summed E-state index contributed by atoms with van der Waals surface area (Å²) in [6, 6.07) is 6.93. The predicted octanol–water partition coefficient (Wildman–Crippen LogP) is -0.907. The normalized spacial score (nSPS) is 37.3. The minimum Gasteiger partial charge on any atom is -0.497 e. The SMILES string of the molecule is COC(=O)C1=COC(OC2OC(CO)C(O)C(O)C2O)C2C(C)C(O)C(OC(=O)C=Cc3ccc(OC)cc3)C12. The fourth-order valence-electron chi connectivity index (χ4n) is 5.33. The summed E-state index contributed by atoms with van der Waals surface area (Å²) in [6.07, 6.45) is -7.64. The number of carbonyl (C=O) groups excluding carboxylic acids is 2. The van der Waals surface area contributed by atoms with E-state index in [1.165, 1.54) is 26.4 Å². The Hall–Kier alpha value is -3.04. The Bertz CT molecular complexity index is 1100. The molecule has 1 saturated carbocycles. The van der Waals surface area contributed by atoms with Crippen LogP contribution in [-0.2, 0) is 33.3 Å².